The Morgan fingerprint density at radius 3 is 1.23 bits per heavy atom. The molecule has 0 bridgehead atoms. The predicted molar refractivity (Wildman–Crippen MR) is 231 cm³/mol. The fourth-order valence-electron chi connectivity index (χ4n) is 6.99. The molecule has 262 valence electrons. The third kappa shape index (κ3) is 10.4. The zero-order valence-corrected chi connectivity index (χ0v) is 36.2. The molecular formula is C48H48Cl2SiZr. The molecule has 0 spiro atoms. The number of benzene rings is 6. The molecule has 0 aliphatic heterocycles. The van der Waals surface area contributed by atoms with Crippen LogP contribution in [0.1, 0.15) is 38.8 Å². The summed E-state index contributed by atoms with van der Waals surface area (Å²) in [6, 6.07) is 53.4. The van der Waals surface area contributed by atoms with E-state index in [1.807, 2.05) is 0 Å². The summed E-state index contributed by atoms with van der Waals surface area (Å²) in [4.78, 5) is 0. The zero-order valence-electron chi connectivity index (χ0n) is 31.2. The summed E-state index contributed by atoms with van der Waals surface area (Å²) in [5, 5.41) is 10.7. The second kappa shape index (κ2) is 19.7. The van der Waals surface area contributed by atoms with E-state index >= 15 is 0 Å². The van der Waals surface area contributed by atoms with Gasteiger partial charge in [0, 0.05) is 9.52 Å². The van der Waals surface area contributed by atoms with E-state index in [4.69, 9.17) is 17.0 Å². The van der Waals surface area contributed by atoms with Gasteiger partial charge in [-0.15, -0.1) is 69.1 Å². The van der Waals surface area contributed by atoms with Crippen LogP contribution in [0.25, 0.3) is 65.3 Å². The molecule has 0 aromatic heterocycles. The Kier molecular flexibility index (Phi) is 15.1. The first-order valence-corrected chi connectivity index (χ1v) is 26.5. The van der Waals surface area contributed by atoms with E-state index in [0.29, 0.717) is 11.8 Å². The van der Waals surface area contributed by atoms with Gasteiger partial charge in [0.25, 0.3) is 0 Å². The monoisotopic (exact) mass is 812 g/mol. The summed E-state index contributed by atoms with van der Waals surface area (Å²) in [7, 11) is 11.0. The molecule has 0 atom stereocenters. The van der Waals surface area contributed by atoms with Gasteiger partial charge in [-0.05, 0) is 69.5 Å². The van der Waals surface area contributed by atoms with Crippen LogP contribution in [-0.2, 0) is 33.7 Å². The summed E-state index contributed by atoms with van der Waals surface area (Å²) in [5.41, 5.74) is 8.17. The summed E-state index contributed by atoms with van der Waals surface area (Å²) >= 11 is -0.826. The van der Waals surface area contributed by atoms with Crippen LogP contribution in [0.3, 0.4) is 0 Å². The van der Waals surface area contributed by atoms with Crippen LogP contribution < -0.4 is 0 Å². The number of rotatable bonds is 6. The van der Waals surface area contributed by atoms with Gasteiger partial charge in [-0.1, -0.05) is 137 Å². The number of hydrogen-bond acceptors (Lipinski definition) is 0. The molecule has 0 amide bonds. The van der Waals surface area contributed by atoms with Crippen LogP contribution in [0.15, 0.2) is 146 Å². The van der Waals surface area contributed by atoms with Gasteiger partial charge in [-0.25, -0.2) is 0 Å². The van der Waals surface area contributed by atoms with Crippen LogP contribution in [0.4, 0.5) is 0 Å². The van der Waals surface area contributed by atoms with Crippen LogP contribution in [0.5, 0.6) is 0 Å². The average Bonchev–Trinajstić information content (AvgIpc) is 3.74. The molecule has 8 rings (SSSR count). The maximum absolute atomic E-state index is 4.93. The second-order valence-corrected chi connectivity index (χ2v) is 19.0. The van der Waals surface area contributed by atoms with Gasteiger partial charge in [-0.2, -0.15) is 12.1 Å². The molecule has 0 unspecified atom stereocenters. The van der Waals surface area contributed by atoms with Gasteiger partial charge in [0.15, 0.2) is 0 Å². The molecule has 0 saturated heterocycles. The Labute approximate surface area is 332 Å². The topological polar surface area (TPSA) is 0 Å². The van der Waals surface area contributed by atoms with E-state index in [-0.39, 0.29) is 0 Å². The Morgan fingerprint density at radius 1 is 0.500 bits per heavy atom. The molecule has 0 aliphatic carbocycles. The van der Waals surface area contributed by atoms with Crippen molar-refractivity contribution in [1.29, 1.82) is 0 Å². The summed E-state index contributed by atoms with van der Waals surface area (Å²) in [5.74, 6) is 1.38. The van der Waals surface area contributed by atoms with Gasteiger partial charge < -0.3 is 0 Å². The molecule has 0 aliphatic rings. The molecule has 0 N–H and O–H groups in total. The quantitative estimate of drug-likeness (QED) is 0.116. The fourth-order valence-corrected chi connectivity index (χ4v) is 6.99. The minimum absolute atomic E-state index is 0.691. The molecule has 0 saturated carbocycles. The van der Waals surface area contributed by atoms with E-state index in [9.17, 15) is 0 Å². The Balaban J connectivity index is 0.000000175. The molecule has 8 aromatic carbocycles. The van der Waals surface area contributed by atoms with E-state index in [2.05, 4.69) is 186 Å². The molecule has 2 radical (unpaired) electrons. The second-order valence-electron chi connectivity index (χ2n) is 14.2. The molecular weight excluding hydrogens is 767 g/mol. The Morgan fingerprint density at radius 2 is 0.865 bits per heavy atom. The normalized spacial score (nSPS) is 10.8. The summed E-state index contributed by atoms with van der Waals surface area (Å²) in [6.45, 7) is 13.4. The summed E-state index contributed by atoms with van der Waals surface area (Å²) in [6.07, 6.45) is 2.29. The van der Waals surface area contributed by atoms with Crippen LogP contribution in [0.2, 0.25) is 13.1 Å². The first-order valence-electron chi connectivity index (χ1n) is 18.1. The van der Waals surface area contributed by atoms with Crippen molar-refractivity contribution in [2.24, 2.45) is 11.8 Å². The Hall–Kier alpha value is -3.26. The van der Waals surface area contributed by atoms with Crippen molar-refractivity contribution in [2.45, 2.75) is 53.6 Å². The van der Waals surface area contributed by atoms with Crippen molar-refractivity contribution in [3.63, 3.8) is 0 Å². The maximum atomic E-state index is 4.93. The predicted octanol–water partition coefficient (Wildman–Crippen LogP) is 15.3. The third-order valence-electron chi connectivity index (χ3n) is 9.03. The van der Waals surface area contributed by atoms with Crippen LogP contribution >= 0.6 is 17.0 Å². The number of fused-ring (bicyclic) bond motifs is 4. The van der Waals surface area contributed by atoms with Crippen LogP contribution in [-0.4, -0.2) is 9.52 Å². The van der Waals surface area contributed by atoms with Gasteiger partial charge in [-0.3, -0.25) is 0 Å². The number of hydrogen-bond donors (Lipinski definition) is 0. The SMILES string of the molecule is CC(C)Cc1cc2c(-c3ccc4ccccc4c3)cccc2[cH-]1.CC(C)Cc1cc2c(-c3ccc4ccccc4c3)cccc2[cH-]1.C[Si]C.[Cl][Zr+2][Cl]. The molecule has 0 heterocycles. The molecule has 0 fully saturated rings. The molecule has 0 nitrogen and oxygen atoms in total. The van der Waals surface area contributed by atoms with E-state index in [0.717, 1.165) is 22.4 Å². The molecule has 4 heteroatoms. The van der Waals surface area contributed by atoms with Crippen LogP contribution in [0, 0.1) is 11.8 Å². The van der Waals surface area contributed by atoms with Gasteiger partial charge in [0.1, 0.15) is 0 Å². The standard InChI is InChI=1S/2C23H21.C2H6Si.2ClH.Zr/c2*1-16(2)12-17-13-20-8-5-9-22(23(20)14-17)21-11-10-18-6-3-4-7-19(18)15-21;1-3-2;;;/h2*3-11,13-16H,12H2,1-2H3;1-2H3;2*1H;/q2*-1;;;;+4/p-2. The zero-order chi connectivity index (χ0) is 37.0. The third-order valence-corrected chi connectivity index (χ3v) is 9.03. The van der Waals surface area contributed by atoms with Crippen molar-refractivity contribution in [2.75, 3.05) is 0 Å². The van der Waals surface area contributed by atoms with Crippen molar-refractivity contribution in [3.8, 4) is 22.3 Å². The van der Waals surface area contributed by atoms with Crippen molar-refractivity contribution >= 4 is 69.6 Å². The minimum atomic E-state index is -0.826. The fraction of sp³-hybridized carbons (Fsp3) is 0.208. The van der Waals surface area contributed by atoms with E-state index in [1.54, 1.807) is 0 Å². The molecule has 52 heavy (non-hydrogen) atoms. The van der Waals surface area contributed by atoms with E-state index < -0.39 is 20.8 Å². The first-order chi connectivity index (χ1) is 25.2. The van der Waals surface area contributed by atoms with Gasteiger partial charge in [0.2, 0.25) is 0 Å². The number of halogens is 2. The summed E-state index contributed by atoms with van der Waals surface area (Å²) < 4.78 is 0. The van der Waals surface area contributed by atoms with Gasteiger partial charge >= 0.3 is 37.9 Å². The molecule has 8 aromatic rings. The van der Waals surface area contributed by atoms with Crippen molar-refractivity contribution < 1.29 is 20.8 Å². The van der Waals surface area contributed by atoms with Crippen molar-refractivity contribution in [1.82, 2.24) is 0 Å². The Bertz CT molecular complexity index is 2160. The first kappa shape index (κ1) is 39.9. The van der Waals surface area contributed by atoms with Crippen molar-refractivity contribution in [3.05, 3.63) is 157 Å². The average molecular weight is 815 g/mol. The van der Waals surface area contributed by atoms with Gasteiger partial charge in [0.05, 0.1) is 0 Å². The van der Waals surface area contributed by atoms with E-state index in [1.165, 1.54) is 76.5 Å².